The van der Waals surface area contributed by atoms with E-state index in [1.807, 2.05) is 30.3 Å². The van der Waals surface area contributed by atoms with Gasteiger partial charge in [0, 0.05) is 0 Å². The molecule has 0 radical (unpaired) electrons. The molecule has 0 spiro atoms. The summed E-state index contributed by atoms with van der Waals surface area (Å²) in [5.74, 6) is -0.704. The van der Waals surface area contributed by atoms with Crippen LogP contribution >= 0.6 is 0 Å². The van der Waals surface area contributed by atoms with E-state index in [-0.39, 0.29) is 55.5 Å². The number of hydrogen-bond acceptors (Lipinski definition) is 1. The Morgan fingerprint density at radius 3 is 2.33 bits per heavy atom. The quantitative estimate of drug-likeness (QED) is 0.834. The number of carbonyl (C=O) groups is 1. The number of carboxylic acid groups (broad SMARTS) is 1. The van der Waals surface area contributed by atoms with Crippen molar-refractivity contribution in [3.8, 4) is 0 Å². The Labute approximate surface area is 111 Å². The van der Waals surface area contributed by atoms with E-state index in [9.17, 15) is 4.79 Å². The molecular formula is C9H9O2Rb. The topological polar surface area (TPSA) is 37.3 Å². The summed E-state index contributed by atoms with van der Waals surface area (Å²) in [7, 11) is 0. The van der Waals surface area contributed by atoms with Gasteiger partial charge in [0.15, 0.2) is 0 Å². The zero-order valence-corrected chi connectivity index (χ0v) is 12.2. The first-order chi connectivity index (χ1) is 5.55. The van der Waals surface area contributed by atoms with Crippen molar-refractivity contribution in [3.05, 3.63) is 35.9 Å². The maximum absolute atomic E-state index is 10.9. The zero-order chi connectivity index (χ0) is 9.19. The van der Waals surface area contributed by atoms with Crippen molar-refractivity contribution in [1.29, 1.82) is 0 Å². The van der Waals surface area contributed by atoms with E-state index in [2.05, 4.69) is 0 Å². The third kappa shape index (κ3) is 2.25. The molecule has 0 aromatic heterocycles. The molecule has 1 rings (SSSR count). The molecule has 12 heavy (non-hydrogen) atoms. The van der Waals surface area contributed by atoms with Gasteiger partial charge in [0.1, 0.15) is 0 Å². The Balaban J connectivity index is 3.06. The van der Waals surface area contributed by atoms with Crippen molar-refractivity contribution in [1.82, 2.24) is 0 Å². The molecule has 1 atom stereocenters. The van der Waals surface area contributed by atoms with Gasteiger partial charge in [-0.15, -0.1) is 0 Å². The first-order valence-electron chi connectivity index (χ1n) is 3.84. The number of benzene rings is 1. The molecule has 1 aromatic carbocycles. The Kier molecular flexibility index (Phi) is 3.65. The minimum absolute atomic E-state index is 0.0685. The molecule has 0 bridgehead atoms. The standard InChI is InChI=1S/C9H9O2.Rb/c1-7(9(10)11)8-5-3-2-4-6-8;/h2-6H,1H3,(H,10,11);. The van der Waals surface area contributed by atoms with Gasteiger partial charge < -0.3 is 0 Å². The molecule has 0 aliphatic heterocycles. The molecule has 0 saturated heterocycles. The Morgan fingerprint density at radius 1 is 1.42 bits per heavy atom. The van der Waals surface area contributed by atoms with Crippen LogP contribution in [0.5, 0.6) is 0 Å². The van der Waals surface area contributed by atoms with Crippen LogP contribution in [0.3, 0.4) is 0 Å². The van der Waals surface area contributed by atoms with E-state index in [0.29, 0.717) is 0 Å². The first-order valence-corrected chi connectivity index (χ1v) is 6.30. The second kappa shape index (κ2) is 4.14. The third-order valence-electron chi connectivity index (χ3n) is 2.03. The van der Waals surface area contributed by atoms with Crippen LogP contribution in [-0.4, -0.2) is 66.6 Å². The molecule has 3 heteroatoms. The van der Waals surface area contributed by atoms with E-state index in [4.69, 9.17) is 5.11 Å². The third-order valence-corrected chi connectivity index (χ3v) is 4.50. The summed E-state index contributed by atoms with van der Waals surface area (Å²) >= 11 is 0.0685. The van der Waals surface area contributed by atoms with Gasteiger partial charge in [-0.25, -0.2) is 0 Å². The van der Waals surface area contributed by atoms with E-state index >= 15 is 0 Å². The predicted molar refractivity (Wildman–Crippen MR) is 47.2 cm³/mol. The van der Waals surface area contributed by atoms with Crippen molar-refractivity contribution >= 4 is 61.5 Å². The Bertz CT molecular complexity index is 280. The molecular weight excluding hydrogens is 226 g/mol. The Hall–Kier alpha value is 0.495. The van der Waals surface area contributed by atoms with Crippen LogP contribution in [0.15, 0.2) is 30.3 Å². The normalized spacial score (nSPS) is 15.2. The molecule has 0 aliphatic rings. The van der Waals surface area contributed by atoms with Crippen LogP contribution in [0, 0.1) is 0 Å². The molecule has 0 heterocycles. The van der Waals surface area contributed by atoms with E-state index in [0.717, 1.165) is 5.56 Å². The molecule has 0 saturated carbocycles. The summed E-state index contributed by atoms with van der Waals surface area (Å²) in [6.07, 6.45) is 0. The van der Waals surface area contributed by atoms with Crippen LogP contribution in [0.2, 0.25) is 0 Å². The van der Waals surface area contributed by atoms with Crippen LogP contribution in [-0.2, 0) is 3.28 Å². The van der Waals surface area contributed by atoms with Crippen molar-refractivity contribution in [2.24, 2.45) is 0 Å². The summed E-state index contributed by atoms with van der Waals surface area (Å²) in [6.45, 7) is 1.79. The van der Waals surface area contributed by atoms with Crippen LogP contribution in [0.25, 0.3) is 0 Å². The zero-order valence-electron chi connectivity index (χ0n) is 7.24. The first kappa shape index (κ1) is 10.6. The molecule has 1 unspecified atom stereocenters. The molecule has 58 valence electrons. The Morgan fingerprint density at radius 2 is 1.92 bits per heavy atom. The number of hydrogen-bond donors (Lipinski definition) is 1. The molecule has 1 N–H and O–H groups in total. The van der Waals surface area contributed by atoms with Gasteiger partial charge in [-0.1, -0.05) is 0 Å². The van der Waals surface area contributed by atoms with E-state index in [1.54, 1.807) is 6.92 Å². The van der Waals surface area contributed by atoms with Gasteiger partial charge in [-0.05, 0) is 0 Å². The van der Waals surface area contributed by atoms with Crippen molar-refractivity contribution in [2.45, 2.75) is 5.41 Å². The number of carboxylic acids is 1. The summed E-state index contributed by atoms with van der Waals surface area (Å²) in [4.78, 5) is 10.9. The van der Waals surface area contributed by atoms with Crippen molar-refractivity contribution < 1.29 is 9.90 Å². The molecule has 0 amide bonds. The summed E-state index contributed by atoms with van der Waals surface area (Å²) in [5, 5.41) is 8.95. The molecule has 1 aromatic rings. The molecule has 2 nitrogen and oxygen atoms in total. The molecule has 0 aliphatic carbocycles. The van der Waals surface area contributed by atoms with Crippen LogP contribution < -0.4 is 0 Å². The SMILES string of the molecule is C[C]([Rb])(C(=O)O)c1ccccc1. The van der Waals surface area contributed by atoms with Crippen molar-refractivity contribution in [2.75, 3.05) is 0 Å². The second-order valence-corrected chi connectivity index (χ2v) is 8.21. The fourth-order valence-electron chi connectivity index (χ4n) is 0.978. The number of aliphatic carboxylic acids is 1. The van der Waals surface area contributed by atoms with Crippen molar-refractivity contribution in [3.63, 3.8) is 0 Å². The molecule has 0 fully saturated rings. The average molecular weight is 235 g/mol. The van der Waals surface area contributed by atoms with Crippen LogP contribution in [0.1, 0.15) is 12.5 Å². The fourth-order valence-corrected chi connectivity index (χ4v) is 1.80. The van der Waals surface area contributed by atoms with Gasteiger partial charge in [-0.3, -0.25) is 0 Å². The maximum atomic E-state index is 10.9. The second-order valence-electron chi connectivity index (χ2n) is 3.30. The summed E-state index contributed by atoms with van der Waals surface area (Å²) in [5.41, 5.74) is 0.924. The summed E-state index contributed by atoms with van der Waals surface area (Å²) < 4.78 is -0.580. The average Bonchev–Trinajstić information content (AvgIpc) is 2.06. The van der Waals surface area contributed by atoms with Gasteiger partial charge >= 0.3 is 113 Å². The number of rotatable bonds is 2. The van der Waals surface area contributed by atoms with Gasteiger partial charge in [0.2, 0.25) is 0 Å². The van der Waals surface area contributed by atoms with E-state index < -0.39 is 4.45 Å². The van der Waals surface area contributed by atoms with E-state index in [1.165, 1.54) is 0 Å². The monoisotopic (exact) mass is 234 g/mol. The predicted octanol–water partition coefficient (Wildman–Crippen LogP) is 1.15. The van der Waals surface area contributed by atoms with Crippen LogP contribution in [0.4, 0.5) is 0 Å². The van der Waals surface area contributed by atoms with Gasteiger partial charge in [0.25, 0.3) is 0 Å². The minimum atomic E-state index is -0.704. The summed E-state index contributed by atoms with van der Waals surface area (Å²) in [6, 6.07) is 9.42. The van der Waals surface area contributed by atoms with Gasteiger partial charge in [-0.2, -0.15) is 0 Å². The fraction of sp³-hybridized carbons (Fsp3) is 0.222. The van der Waals surface area contributed by atoms with Gasteiger partial charge in [0.05, 0.1) is 0 Å².